The first-order valence-electron chi connectivity index (χ1n) is 12.0. The van der Waals surface area contributed by atoms with Gasteiger partial charge in [-0.2, -0.15) is 18.4 Å². The van der Waals surface area contributed by atoms with Gasteiger partial charge >= 0.3 is 11.9 Å². The highest BCUT2D eigenvalue weighted by molar-refractivity contribution is 6.32. The SMILES string of the molecule is CC1CC(C)CN(C(=O)C(C#N)C(=O)CCOc2cc(Oc3ccc(C(F)(F)F)cc3Cl)ccc2[N+](=O)[O-])C1. The van der Waals surface area contributed by atoms with Crippen LogP contribution in [0.25, 0.3) is 0 Å². The molecule has 3 unspecified atom stereocenters. The molecule has 13 heteroatoms. The topological polar surface area (TPSA) is 123 Å². The largest absolute Gasteiger partial charge is 0.486 e. The summed E-state index contributed by atoms with van der Waals surface area (Å²) in [6, 6.07) is 7.61. The maximum atomic E-state index is 12.9. The number of likely N-dealkylation sites (tertiary alicyclic amines) is 1. The zero-order valence-corrected chi connectivity index (χ0v) is 21.8. The van der Waals surface area contributed by atoms with Crippen molar-refractivity contribution in [1.29, 1.82) is 5.26 Å². The number of alkyl halides is 3. The summed E-state index contributed by atoms with van der Waals surface area (Å²) in [7, 11) is 0. The second kappa shape index (κ2) is 12.3. The van der Waals surface area contributed by atoms with Gasteiger partial charge in [-0.25, -0.2) is 0 Å². The van der Waals surface area contributed by atoms with Crippen LogP contribution in [0.15, 0.2) is 36.4 Å². The van der Waals surface area contributed by atoms with Crippen LogP contribution in [0.4, 0.5) is 18.9 Å². The summed E-state index contributed by atoms with van der Waals surface area (Å²) in [5.74, 6) is -2.73. The van der Waals surface area contributed by atoms with Gasteiger partial charge in [-0.15, -0.1) is 0 Å². The van der Waals surface area contributed by atoms with Crippen LogP contribution in [-0.4, -0.2) is 41.2 Å². The lowest BCUT2D eigenvalue weighted by molar-refractivity contribution is -0.385. The van der Waals surface area contributed by atoms with Gasteiger partial charge in [0.15, 0.2) is 11.7 Å². The number of carbonyl (C=O) groups excluding carboxylic acids is 2. The lowest BCUT2D eigenvalue weighted by Crippen LogP contribution is -2.46. The lowest BCUT2D eigenvalue weighted by atomic mass is 9.90. The summed E-state index contributed by atoms with van der Waals surface area (Å²) >= 11 is 5.91. The summed E-state index contributed by atoms with van der Waals surface area (Å²) in [6.45, 7) is 4.51. The van der Waals surface area contributed by atoms with Crippen molar-refractivity contribution in [3.05, 3.63) is 57.1 Å². The van der Waals surface area contributed by atoms with Crippen molar-refractivity contribution < 1.29 is 37.2 Å². The number of hydrogen-bond acceptors (Lipinski definition) is 7. The monoisotopic (exact) mass is 567 g/mol. The van der Waals surface area contributed by atoms with Crippen molar-refractivity contribution in [3.8, 4) is 23.3 Å². The Morgan fingerprint density at radius 2 is 1.85 bits per heavy atom. The molecule has 0 N–H and O–H groups in total. The molecule has 1 aliphatic heterocycles. The van der Waals surface area contributed by atoms with Crippen LogP contribution < -0.4 is 9.47 Å². The minimum atomic E-state index is -4.60. The molecule has 1 saturated heterocycles. The molecule has 1 aliphatic rings. The smallest absolute Gasteiger partial charge is 0.416 e. The highest BCUT2D eigenvalue weighted by atomic mass is 35.5. The lowest BCUT2D eigenvalue weighted by Gasteiger charge is -2.35. The highest BCUT2D eigenvalue weighted by Gasteiger charge is 2.34. The molecule has 0 aliphatic carbocycles. The van der Waals surface area contributed by atoms with Gasteiger partial charge < -0.3 is 14.4 Å². The van der Waals surface area contributed by atoms with Crippen molar-refractivity contribution in [1.82, 2.24) is 4.90 Å². The average Bonchev–Trinajstić information content (AvgIpc) is 2.84. The Kier molecular flexibility index (Phi) is 9.40. The number of nitrogens with zero attached hydrogens (tertiary/aromatic N) is 3. The van der Waals surface area contributed by atoms with Gasteiger partial charge in [0.25, 0.3) is 0 Å². The Bertz CT molecular complexity index is 1290. The Hall–Kier alpha value is -3.85. The van der Waals surface area contributed by atoms with Crippen molar-refractivity contribution in [3.63, 3.8) is 0 Å². The summed E-state index contributed by atoms with van der Waals surface area (Å²) in [4.78, 5) is 37.7. The fraction of sp³-hybridized carbons (Fsp3) is 0.423. The zero-order valence-electron chi connectivity index (χ0n) is 21.0. The average molecular weight is 568 g/mol. The van der Waals surface area contributed by atoms with Crippen molar-refractivity contribution in [2.24, 2.45) is 17.8 Å². The molecule has 2 aromatic carbocycles. The fourth-order valence-corrected chi connectivity index (χ4v) is 4.63. The molecule has 3 rings (SSSR count). The van der Waals surface area contributed by atoms with Gasteiger partial charge in [0.05, 0.1) is 28.2 Å². The number of nitro benzene ring substituents is 1. The number of Topliss-reactive ketones (excluding diaryl/α,β-unsaturated/α-hetero) is 1. The first-order chi connectivity index (χ1) is 18.3. The number of nitro groups is 1. The van der Waals surface area contributed by atoms with E-state index in [2.05, 4.69) is 0 Å². The van der Waals surface area contributed by atoms with Gasteiger partial charge in [0.2, 0.25) is 11.7 Å². The van der Waals surface area contributed by atoms with Crippen LogP contribution >= 0.6 is 11.6 Å². The number of halogens is 4. The Morgan fingerprint density at radius 3 is 2.41 bits per heavy atom. The molecule has 0 aromatic heterocycles. The van der Waals surface area contributed by atoms with E-state index in [4.69, 9.17) is 21.1 Å². The molecule has 0 bridgehead atoms. The summed E-state index contributed by atoms with van der Waals surface area (Å²) in [5, 5.41) is 20.6. The van der Waals surface area contributed by atoms with E-state index in [1.807, 2.05) is 13.8 Å². The second-order valence-electron chi connectivity index (χ2n) is 9.45. The molecule has 0 spiro atoms. The number of hydrogen-bond donors (Lipinski definition) is 0. The van der Waals surface area contributed by atoms with Gasteiger partial charge in [0.1, 0.15) is 11.5 Å². The first kappa shape index (κ1) is 29.7. The summed E-state index contributed by atoms with van der Waals surface area (Å²) in [6.07, 6.45) is -4.03. The minimum Gasteiger partial charge on any atom is -0.486 e. The Balaban J connectivity index is 1.69. The van der Waals surface area contributed by atoms with E-state index in [0.29, 0.717) is 19.2 Å². The quantitative estimate of drug-likeness (QED) is 0.205. The number of piperidine rings is 1. The molecule has 39 heavy (non-hydrogen) atoms. The zero-order chi connectivity index (χ0) is 28.9. The third-order valence-corrected chi connectivity index (χ3v) is 6.39. The van der Waals surface area contributed by atoms with Crippen LogP contribution in [0.1, 0.15) is 32.3 Å². The van der Waals surface area contributed by atoms with Crippen molar-refractivity contribution in [2.75, 3.05) is 19.7 Å². The fourth-order valence-electron chi connectivity index (χ4n) is 4.41. The second-order valence-corrected chi connectivity index (χ2v) is 9.86. The molecule has 208 valence electrons. The van der Waals surface area contributed by atoms with E-state index < -0.39 is 40.0 Å². The number of ketones is 1. The number of rotatable bonds is 9. The van der Waals surface area contributed by atoms with E-state index in [0.717, 1.165) is 30.7 Å². The maximum Gasteiger partial charge on any atom is 0.416 e. The van der Waals surface area contributed by atoms with Gasteiger partial charge in [-0.1, -0.05) is 25.4 Å². The van der Waals surface area contributed by atoms with Crippen LogP contribution in [0, 0.1) is 39.2 Å². The predicted octanol–water partition coefficient (Wildman–Crippen LogP) is 6.04. The third-order valence-electron chi connectivity index (χ3n) is 6.10. The standard InChI is InChI=1S/C26H25ClF3N3O6/c1-15-9-16(2)14-32(13-15)25(35)19(12-31)22(34)7-8-38-24-11-18(4-5-21(24)33(36)37)39-23-6-3-17(10-20(23)27)26(28,29)30/h3-6,10-11,15-16,19H,7-9,13-14H2,1-2H3. The molecule has 1 amide bonds. The molecule has 3 atom stereocenters. The molecular weight excluding hydrogens is 543 g/mol. The Labute approximate surface area is 227 Å². The van der Waals surface area contributed by atoms with E-state index in [1.165, 1.54) is 11.0 Å². The van der Waals surface area contributed by atoms with E-state index >= 15 is 0 Å². The predicted molar refractivity (Wildman–Crippen MR) is 133 cm³/mol. The van der Waals surface area contributed by atoms with Crippen LogP contribution in [0.3, 0.4) is 0 Å². The van der Waals surface area contributed by atoms with E-state index in [9.17, 15) is 38.1 Å². The normalized spacial score (nSPS) is 18.1. The molecule has 2 aromatic rings. The molecule has 1 heterocycles. The molecule has 9 nitrogen and oxygen atoms in total. The molecule has 0 radical (unpaired) electrons. The number of benzene rings is 2. The summed E-state index contributed by atoms with van der Waals surface area (Å²) < 4.78 is 49.5. The van der Waals surface area contributed by atoms with Gasteiger partial charge in [-0.05, 0) is 42.5 Å². The Morgan fingerprint density at radius 1 is 1.18 bits per heavy atom. The van der Waals surface area contributed by atoms with Crippen molar-refractivity contribution in [2.45, 2.75) is 32.9 Å². The first-order valence-corrected chi connectivity index (χ1v) is 12.3. The third kappa shape index (κ3) is 7.60. The number of nitriles is 1. The summed E-state index contributed by atoms with van der Waals surface area (Å²) in [5.41, 5.74) is -1.44. The van der Waals surface area contributed by atoms with Crippen LogP contribution in [0.2, 0.25) is 5.02 Å². The number of amides is 1. The number of ether oxygens (including phenoxy) is 2. The van der Waals surface area contributed by atoms with E-state index in [1.54, 1.807) is 6.07 Å². The number of carbonyl (C=O) groups is 2. The van der Waals surface area contributed by atoms with E-state index in [-0.39, 0.29) is 47.1 Å². The van der Waals surface area contributed by atoms with Crippen molar-refractivity contribution >= 4 is 29.0 Å². The minimum absolute atomic E-state index is 0.0259. The van der Waals surface area contributed by atoms with Crippen LogP contribution in [-0.2, 0) is 15.8 Å². The highest BCUT2D eigenvalue weighted by Crippen LogP contribution is 2.38. The van der Waals surface area contributed by atoms with Gasteiger partial charge in [-0.3, -0.25) is 19.7 Å². The maximum absolute atomic E-state index is 12.9. The molecule has 1 fully saturated rings. The van der Waals surface area contributed by atoms with Crippen LogP contribution in [0.5, 0.6) is 17.2 Å². The molecule has 0 saturated carbocycles. The van der Waals surface area contributed by atoms with Gasteiger partial charge in [0, 0.05) is 31.6 Å². The molecular formula is C26H25ClF3N3O6.